The molecule has 2 aromatic carbocycles. The molecule has 48 heavy (non-hydrogen) atoms. The molecule has 1 aliphatic rings. The highest BCUT2D eigenvalue weighted by Gasteiger charge is 2.44. The molecule has 4 rings (SSSR count). The van der Waals surface area contributed by atoms with Crippen LogP contribution < -0.4 is 10.2 Å². The van der Waals surface area contributed by atoms with Gasteiger partial charge in [-0.2, -0.15) is 26.3 Å². The minimum absolute atomic E-state index is 0.0836. The second-order valence-corrected chi connectivity index (χ2v) is 12.5. The van der Waals surface area contributed by atoms with Gasteiger partial charge in [0.15, 0.2) is 9.84 Å². The van der Waals surface area contributed by atoms with Crippen LogP contribution in [0.15, 0.2) is 59.5 Å². The number of ether oxygens (including phenoxy) is 1. The zero-order valence-corrected chi connectivity index (χ0v) is 26.1. The molecule has 1 saturated heterocycles. The van der Waals surface area contributed by atoms with E-state index >= 15 is 0 Å². The lowest BCUT2D eigenvalue weighted by Gasteiger charge is -2.35. The number of aliphatic carboxylic acids is 2. The molecule has 264 valence electrons. The van der Waals surface area contributed by atoms with Crippen LogP contribution in [0.5, 0.6) is 5.75 Å². The Morgan fingerprint density at radius 3 is 2.00 bits per heavy atom. The van der Waals surface area contributed by atoms with Gasteiger partial charge < -0.3 is 14.9 Å². The number of pyridine rings is 1. The first kappa shape index (κ1) is 39.7. The van der Waals surface area contributed by atoms with Crippen LogP contribution in [0.4, 0.5) is 26.3 Å². The quantitative estimate of drug-likeness (QED) is 0.146. The van der Waals surface area contributed by atoms with Gasteiger partial charge in [-0.15, -0.1) is 0 Å². The molecule has 0 aliphatic carbocycles. The summed E-state index contributed by atoms with van der Waals surface area (Å²) in [5.74, 6) is -5.75. The van der Waals surface area contributed by atoms with Gasteiger partial charge in [0.2, 0.25) is 5.91 Å². The number of carbonyl (C=O) groups excluding carboxylic acids is 1. The number of carboxylic acid groups (broad SMARTS) is 2. The lowest BCUT2D eigenvalue weighted by Crippen LogP contribution is -2.50. The smallest absolute Gasteiger partial charge is 0.489 e. The monoisotopic (exact) mass is 711 g/mol. The highest BCUT2D eigenvalue weighted by molar-refractivity contribution is 7.91. The number of benzene rings is 2. The Labute approximate surface area is 269 Å². The molecular formula is C29H31F6N3O9S. The molecular weight excluding hydrogens is 680 g/mol. The number of hydrogen-bond donors (Lipinski definition) is 4. The van der Waals surface area contributed by atoms with E-state index in [1.165, 1.54) is 12.1 Å². The summed E-state index contributed by atoms with van der Waals surface area (Å²) in [5, 5.41) is 24.2. The van der Waals surface area contributed by atoms with Crippen LogP contribution in [0, 0.1) is 6.92 Å². The lowest BCUT2D eigenvalue weighted by atomic mass is 9.94. The van der Waals surface area contributed by atoms with Crippen molar-refractivity contribution in [2.45, 2.75) is 55.6 Å². The fourth-order valence-corrected chi connectivity index (χ4v) is 6.62. The normalized spacial score (nSPS) is 16.6. The molecule has 0 bridgehead atoms. The zero-order chi connectivity index (χ0) is 36.5. The summed E-state index contributed by atoms with van der Waals surface area (Å²) >= 11 is 0. The molecule has 4 N–H and O–H groups in total. The molecule has 1 amide bonds. The van der Waals surface area contributed by atoms with Crippen molar-refractivity contribution in [1.82, 2.24) is 15.4 Å². The minimum Gasteiger partial charge on any atom is -0.489 e. The van der Waals surface area contributed by atoms with Gasteiger partial charge in [0.1, 0.15) is 12.4 Å². The molecule has 19 heteroatoms. The molecule has 12 nitrogen and oxygen atoms in total. The summed E-state index contributed by atoms with van der Waals surface area (Å²) in [7, 11) is -1.86. The van der Waals surface area contributed by atoms with Gasteiger partial charge >= 0.3 is 24.3 Å². The molecule has 3 aromatic rings. The Morgan fingerprint density at radius 1 is 0.979 bits per heavy atom. The number of nitrogens with one attached hydrogen (secondary N) is 1. The molecule has 1 atom stereocenters. The van der Waals surface area contributed by atoms with Crippen molar-refractivity contribution in [3.8, 4) is 5.75 Å². The molecule has 0 saturated carbocycles. The van der Waals surface area contributed by atoms with Crippen LogP contribution in [-0.4, -0.2) is 88.8 Å². The average Bonchev–Trinajstić information content (AvgIpc) is 3.33. The Kier molecular flexibility index (Phi) is 13.3. The Morgan fingerprint density at radius 2 is 1.52 bits per heavy atom. The Bertz CT molecular complexity index is 1680. The largest absolute Gasteiger partial charge is 0.490 e. The van der Waals surface area contributed by atoms with Gasteiger partial charge in [-0.1, -0.05) is 18.2 Å². The van der Waals surface area contributed by atoms with Crippen molar-refractivity contribution in [1.29, 1.82) is 0 Å². The van der Waals surface area contributed by atoms with E-state index in [2.05, 4.69) is 4.98 Å². The number of likely N-dealkylation sites (tertiary alicyclic amines) is 1. The van der Waals surface area contributed by atoms with E-state index in [1.807, 2.05) is 49.2 Å². The average molecular weight is 712 g/mol. The van der Waals surface area contributed by atoms with E-state index < -0.39 is 45.6 Å². The predicted octanol–water partition coefficient (Wildman–Crippen LogP) is 4.52. The van der Waals surface area contributed by atoms with Gasteiger partial charge in [0.25, 0.3) is 0 Å². The van der Waals surface area contributed by atoms with Crippen molar-refractivity contribution in [2.24, 2.45) is 0 Å². The van der Waals surface area contributed by atoms with Crippen LogP contribution in [-0.2, 0) is 30.8 Å². The number of sulfone groups is 1. The highest BCUT2D eigenvalue weighted by Crippen LogP contribution is 2.34. The number of amides is 1. The first-order valence-corrected chi connectivity index (χ1v) is 15.3. The lowest BCUT2D eigenvalue weighted by molar-refractivity contribution is -0.193. The van der Waals surface area contributed by atoms with E-state index in [-0.39, 0.29) is 17.1 Å². The van der Waals surface area contributed by atoms with E-state index in [9.17, 15) is 39.6 Å². The Balaban J connectivity index is 0.000000479. The standard InChI is InChI=1S/C25H29N3O5S.2C2HF3O2/c1-18-14-19(22-6-3-4-7-23(22)26-18)16-33-20-8-10-21(11-9-20)34(31,32)17-25(15-24(29)27-30)12-5-13-28(25)2;2*3-2(4,5)1(6)7/h3-4,6-11,14,30H,5,12-13,15-17H2,1-2H3,(H,27,29);2*(H,6,7)/t25-;;/m0../s1. The number of aryl methyl sites for hydroxylation is 1. The van der Waals surface area contributed by atoms with Crippen LogP contribution in [0.3, 0.4) is 0 Å². The van der Waals surface area contributed by atoms with Crippen molar-refractivity contribution in [3.05, 3.63) is 65.9 Å². The van der Waals surface area contributed by atoms with E-state index in [0.29, 0.717) is 25.3 Å². The van der Waals surface area contributed by atoms with Crippen LogP contribution >= 0.6 is 0 Å². The number of halogens is 6. The second-order valence-electron chi connectivity index (χ2n) is 10.5. The third-order valence-electron chi connectivity index (χ3n) is 7.01. The predicted molar refractivity (Wildman–Crippen MR) is 156 cm³/mol. The van der Waals surface area contributed by atoms with E-state index in [1.54, 1.807) is 17.6 Å². The van der Waals surface area contributed by atoms with Crippen LogP contribution in [0.25, 0.3) is 10.9 Å². The van der Waals surface area contributed by atoms with Crippen molar-refractivity contribution >= 4 is 38.6 Å². The number of hydroxylamine groups is 1. The molecule has 0 radical (unpaired) electrons. The van der Waals surface area contributed by atoms with Gasteiger partial charge in [0.05, 0.1) is 16.2 Å². The maximum absolute atomic E-state index is 13.2. The summed E-state index contributed by atoms with van der Waals surface area (Å²) in [5.41, 5.74) is 3.60. The summed E-state index contributed by atoms with van der Waals surface area (Å²) in [4.78, 5) is 36.3. The Hall–Kier alpha value is -4.49. The second kappa shape index (κ2) is 16.1. The van der Waals surface area contributed by atoms with Gasteiger partial charge in [0, 0.05) is 28.6 Å². The molecule has 0 spiro atoms. The van der Waals surface area contributed by atoms with E-state index in [4.69, 9.17) is 29.7 Å². The van der Waals surface area contributed by atoms with Crippen LogP contribution in [0.2, 0.25) is 0 Å². The zero-order valence-electron chi connectivity index (χ0n) is 25.3. The number of para-hydroxylation sites is 1. The summed E-state index contributed by atoms with van der Waals surface area (Å²) in [6.07, 6.45) is -8.89. The number of hydrogen-bond acceptors (Lipinski definition) is 9. The summed E-state index contributed by atoms with van der Waals surface area (Å²) in [6, 6.07) is 16.2. The fourth-order valence-electron chi connectivity index (χ4n) is 4.72. The van der Waals surface area contributed by atoms with Gasteiger partial charge in [-0.3, -0.25) is 19.9 Å². The summed E-state index contributed by atoms with van der Waals surface area (Å²) < 4.78 is 95.9. The van der Waals surface area contributed by atoms with Gasteiger partial charge in [-0.25, -0.2) is 23.5 Å². The molecule has 0 unspecified atom stereocenters. The first-order chi connectivity index (χ1) is 22.1. The third kappa shape index (κ3) is 11.3. The first-order valence-electron chi connectivity index (χ1n) is 13.7. The topological polar surface area (TPSA) is 183 Å². The molecule has 1 aliphatic heterocycles. The third-order valence-corrected chi connectivity index (χ3v) is 8.92. The number of alkyl halides is 6. The maximum atomic E-state index is 13.2. The van der Waals surface area contributed by atoms with E-state index in [0.717, 1.165) is 28.6 Å². The number of fused-ring (bicyclic) bond motifs is 1. The SMILES string of the molecule is Cc1cc(COc2ccc(S(=O)(=O)C[C@@]3(CC(=O)NO)CCCN3C)cc2)c2ccccc2n1.O=C(O)C(F)(F)F.O=C(O)C(F)(F)F. The molecule has 2 heterocycles. The van der Waals surface area contributed by atoms with Crippen molar-refractivity contribution in [3.63, 3.8) is 0 Å². The molecule has 1 fully saturated rings. The molecule has 1 aromatic heterocycles. The number of aromatic nitrogens is 1. The van der Waals surface area contributed by atoms with Gasteiger partial charge in [-0.05, 0) is 69.8 Å². The fraction of sp³-hybridized carbons (Fsp3) is 0.379. The minimum atomic E-state index is -5.08. The highest BCUT2D eigenvalue weighted by atomic mass is 32.2. The number of carboxylic acids is 2. The maximum Gasteiger partial charge on any atom is 0.490 e. The van der Waals surface area contributed by atoms with Crippen molar-refractivity contribution < 1.29 is 69.3 Å². The van der Waals surface area contributed by atoms with Crippen molar-refractivity contribution in [2.75, 3.05) is 19.3 Å². The number of nitrogens with zero attached hydrogens (tertiary/aromatic N) is 2. The van der Waals surface area contributed by atoms with Crippen LogP contribution in [0.1, 0.15) is 30.5 Å². The summed E-state index contributed by atoms with van der Waals surface area (Å²) in [6.45, 7) is 2.97. The number of rotatable bonds is 8. The number of carbonyl (C=O) groups is 3.